The summed E-state index contributed by atoms with van der Waals surface area (Å²) in [6, 6.07) is 4.33. The number of ether oxygens (including phenoxy) is 1. The van der Waals surface area contributed by atoms with E-state index >= 15 is 0 Å². The molecule has 1 amide bonds. The number of rotatable bonds is 3. The number of carbonyl (C=O) groups excluding carboxylic acids is 1. The first-order chi connectivity index (χ1) is 8.69. The summed E-state index contributed by atoms with van der Waals surface area (Å²) in [5.74, 6) is -0.301. The number of nitrogens with two attached hydrogens (primary N) is 1. The first-order valence-electron chi connectivity index (χ1n) is 6.17. The zero-order valence-electron chi connectivity index (χ0n) is 11.8. The Morgan fingerprint density at radius 1 is 1.47 bits per heavy atom. The molecule has 0 aliphatic heterocycles. The van der Waals surface area contributed by atoms with E-state index in [1.165, 1.54) is 6.07 Å². The fourth-order valence-corrected chi connectivity index (χ4v) is 1.47. The van der Waals surface area contributed by atoms with E-state index in [4.69, 9.17) is 10.5 Å². The van der Waals surface area contributed by atoms with E-state index in [-0.39, 0.29) is 12.4 Å². The van der Waals surface area contributed by atoms with Crippen LogP contribution in [0.15, 0.2) is 18.2 Å². The Morgan fingerprint density at radius 2 is 2.11 bits per heavy atom. The van der Waals surface area contributed by atoms with Crippen LogP contribution in [-0.4, -0.2) is 18.2 Å². The number of aryl methyl sites for hydroxylation is 1. The minimum Gasteiger partial charge on any atom is -0.444 e. The van der Waals surface area contributed by atoms with Crippen molar-refractivity contribution in [3.05, 3.63) is 35.1 Å². The van der Waals surface area contributed by atoms with E-state index in [0.29, 0.717) is 11.1 Å². The minimum absolute atomic E-state index is 0.192. The summed E-state index contributed by atoms with van der Waals surface area (Å²) in [6.07, 6.45) is -0.532. The summed E-state index contributed by atoms with van der Waals surface area (Å²) in [7, 11) is 0. The average molecular weight is 268 g/mol. The van der Waals surface area contributed by atoms with Gasteiger partial charge in [0, 0.05) is 12.6 Å². The molecule has 3 N–H and O–H groups in total. The second-order valence-electron chi connectivity index (χ2n) is 5.50. The molecule has 1 aromatic carbocycles. The van der Waals surface area contributed by atoms with Crippen LogP contribution in [0.4, 0.5) is 9.18 Å². The van der Waals surface area contributed by atoms with Gasteiger partial charge in [0.2, 0.25) is 0 Å². The summed E-state index contributed by atoms with van der Waals surface area (Å²) in [4.78, 5) is 11.5. The van der Waals surface area contributed by atoms with Gasteiger partial charge in [0.25, 0.3) is 0 Å². The van der Waals surface area contributed by atoms with Gasteiger partial charge >= 0.3 is 6.09 Å². The summed E-state index contributed by atoms with van der Waals surface area (Å²) >= 11 is 0. The Bertz CT molecular complexity index is 455. The summed E-state index contributed by atoms with van der Waals surface area (Å²) < 4.78 is 18.5. The van der Waals surface area contributed by atoms with Crippen molar-refractivity contribution in [3.8, 4) is 0 Å². The van der Waals surface area contributed by atoms with Crippen LogP contribution in [-0.2, 0) is 4.74 Å². The standard InChI is InChI=1S/C14H21FN2O2/c1-9-5-6-10(7-11(9)15)12(16)8-17-13(18)19-14(2,3)4/h5-7,12H,8,16H2,1-4H3,(H,17,18). The lowest BCUT2D eigenvalue weighted by Gasteiger charge is -2.21. The number of alkyl carbamates (subject to hydrolysis) is 1. The van der Waals surface area contributed by atoms with Gasteiger partial charge < -0.3 is 15.8 Å². The first-order valence-corrected chi connectivity index (χ1v) is 6.17. The molecule has 0 saturated carbocycles. The maximum Gasteiger partial charge on any atom is 0.407 e. The number of amides is 1. The molecule has 5 heteroatoms. The van der Waals surface area contributed by atoms with E-state index in [9.17, 15) is 9.18 Å². The molecule has 1 atom stereocenters. The highest BCUT2D eigenvalue weighted by atomic mass is 19.1. The fraction of sp³-hybridized carbons (Fsp3) is 0.500. The van der Waals surface area contributed by atoms with E-state index in [1.54, 1.807) is 39.8 Å². The highest BCUT2D eigenvalue weighted by Crippen LogP contribution is 2.14. The first kappa shape index (κ1) is 15.4. The Morgan fingerprint density at radius 3 is 2.63 bits per heavy atom. The Labute approximate surface area is 113 Å². The second-order valence-corrected chi connectivity index (χ2v) is 5.50. The zero-order valence-corrected chi connectivity index (χ0v) is 11.8. The summed E-state index contributed by atoms with van der Waals surface area (Å²) in [6.45, 7) is 7.21. The van der Waals surface area contributed by atoms with Crippen LogP contribution in [0.2, 0.25) is 0 Å². The third-order valence-electron chi connectivity index (χ3n) is 2.49. The second kappa shape index (κ2) is 6.02. The van der Waals surface area contributed by atoms with Gasteiger partial charge in [0.15, 0.2) is 0 Å². The molecule has 1 rings (SSSR count). The summed E-state index contributed by atoms with van der Waals surface area (Å²) in [5.41, 5.74) is 6.54. The van der Waals surface area contributed by atoms with Gasteiger partial charge in [-0.25, -0.2) is 9.18 Å². The van der Waals surface area contributed by atoms with Crippen LogP contribution < -0.4 is 11.1 Å². The molecular weight excluding hydrogens is 247 g/mol. The highest BCUT2D eigenvalue weighted by molar-refractivity contribution is 5.67. The normalized spacial score (nSPS) is 12.9. The number of benzene rings is 1. The lowest BCUT2D eigenvalue weighted by molar-refractivity contribution is 0.0524. The quantitative estimate of drug-likeness (QED) is 0.885. The van der Waals surface area contributed by atoms with Gasteiger partial charge in [-0.1, -0.05) is 12.1 Å². The highest BCUT2D eigenvalue weighted by Gasteiger charge is 2.17. The van der Waals surface area contributed by atoms with E-state index in [0.717, 1.165) is 0 Å². The van der Waals surface area contributed by atoms with Gasteiger partial charge in [-0.05, 0) is 44.9 Å². The maximum absolute atomic E-state index is 13.4. The zero-order chi connectivity index (χ0) is 14.6. The topological polar surface area (TPSA) is 64.3 Å². The molecule has 0 fully saturated rings. The fourth-order valence-electron chi connectivity index (χ4n) is 1.47. The monoisotopic (exact) mass is 268 g/mol. The smallest absolute Gasteiger partial charge is 0.407 e. The predicted octanol–water partition coefficient (Wildman–Crippen LogP) is 2.66. The van der Waals surface area contributed by atoms with Crippen LogP contribution in [0.3, 0.4) is 0 Å². The van der Waals surface area contributed by atoms with Crippen LogP contribution in [0, 0.1) is 12.7 Å². The predicted molar refractivity (Wildman–Crippen MR) is 72.3 cm³/mol. The molecule has 0 aliphatic rings. The molecule has 19 heavy (non-hydrogen) atoms. The SMILES string of the molecule is Cc1ccc(C(N)CNC(=O)OC(C)(C)C)cc1F. The molecule has 0 radical (unpaired) electrons. The Balaban J connectivity index is 2.53. The number of hydrogen-bond donors (Lipinski definition) is 2. The molecule has 0 bridgehead atoms. The van der Waals surface area contributed by atoms with Crippen molar-refractivity contribution in [1.29, 1.82) is 0 Å². The van der Waals surface area contributed by atoms with Crippen LogP contribution in [0.1, 0.15) is 37.9 Å². The van der Waals surface area contributed by atoms with Crippen molar-refractivity contribution in [2.24, 2.45) is 5.73 Å². The number of halogens is 1. The molecule has 0 aliphatic carbocycles. The largest absolute Gasteiger partial charge is 0.444 e. The third kappa shape index (κ3) is 5.26. The van der Waals surface area contributed by atoms with Crippen molar-refractivity contribution in [1.82, 2.24) is 5.32 Å². The molecule has 1 aromatic rings. The number of hydrogen-bond acceptors (Lipinski definition) is 3. The summed E-state index contributed by atoms with van der Waals surface area (Å²) in [5, 5.41) is 2.56. The van der Waals surface area contributed by atoms with Crippen LogP contribution >= 0.6 is 0 Å². The number of nitrogens with one attached hydrogen (secondary N) is 1. The van der Waals surface area contributed by atoms with Gasteiger partial charge in [0.05, 0.1) is 0 Å². The van der Waals surface area contributed by atoms with Crippen molar-refractivity contribution in [2.45, 2.75) is 39.3 Å². The van der Waals surface area contributed by atoms with E-state index in [1.807, 2.05) is 0 Å². The van der Waals surface area contributed by atoms with E-state index < -0.39 is 17.7 Å². The third-order valence-corrected chi connectivity index (χ3v) is 2.49. The Hall–Kier alpha value is -1.62. The van der Waals surface area contributed by atoms with Crippen LogP contribution in [0.25, 0.3) is 0 Å². The van der Waals surface area contributed by atoms with E-state index in [2.05, 4.69) is 5.32 Å². The molecule has 0 aromatic heterocycles. The average Bonchev–Trinajstić information content (AvgIpc) is 2.27. The van der Waals surface area contributed by atoms with Gasteiger partial charge in [-0.2, -0.15) is 0 Å². The molecule has 106 valence electrons. The molecule has 0 spiro atoms. The maximum atomic E-state index is 13.4. The van der Waals surface area contributed by atoms with Crippen molar-refractivity contribution in [3.63, 3.8) is 0 Å². The Kier molecular flexibility index (Phi) is 4.89. The molecule has 0 heterocycles. The molecule has 0 saturated heterocycles. The lowest BCUT2D eigenvalue weighted by Crippen LogP contribution is -2.36. The van der Waals surface area contributed by atoms with Gasteiger partial charge in [0.1, 0.15) is 11.4 Å². The molecule has 1 unspecified atom stereocenters. The number of carbonyl (C=O) groups is 1. The van der Waals surface area contributed by atoms with Crippen LogP contribution in [0.5, 0.6) is 0 Å². The van der Waals surface area contributed by atoms with Gasteiger partial charge in [-0.3, -0.25) is 0 Å². The van der Waals surface area contributed by atoms with Crippen molar-refractivity contribution < 1.29 is 13.9 Å². The minimum atomic E-state index is -0.551. The van der Waals surface area contributed by atoms with Gasteiger partial charge in [-0.15, -0.1) is 0 Å². The molecular formula is C14H21FN2O2. The van der Waals surface area contributed by atoms with Crippen molar-refractivity contribution in [2.75, 3.05) is 6.54 Å². The van der Waals surface area contributed by atoms with Crippen molar-refractivity contribution >= 4 is 6.09 Å². The molecule has 4 nitrogen and oxygen atoms in total. The lowest BCUT2D eigenvalue weighted by atomic mass is 10.1.